The van der Waals surface area contributed by atoms with Gasteiger partial charge in [0.05, 0.1) is 5.60 Å². The highest BCUT2D eigenvalue weighted by Crippen LogP contribution is 2.26. The summed E-state index contributed by atoms with van der Waals surface area (Å²) in [6, 6.07) is 0. The molecule has 1 fully saturated rings. The Bertz CT molecular complexity index is 156. The molecule has 2 N–H and O–H groups in total. The maximum Gasteiger partial charge on any atom is 0.0771 e. The third kappa shape index (κ3) is 5.79. The van der Waals surface area contributed by atoms with Crippen LogP contribution in [0.3, 0.4) is 0 Å². The van der Waals surface area contributed by atoms with Crippen molar-refractivity contribution >= 4 is 11.8 Å². The second-order valence-electron chi connectivity index (χ2n) is 4.51. The maximum absolute atomic E-state index is 10.3. The fourth-order valence-electron chi connectivity index (χ4n) is 2.17. The van der Waals surface area contributed by atoms with Crippen LogP contribution >= 0.6 is 11.8 Å². The van der Waals surface area contributed by atoms with Crippen molar-refractivity contribution in [3.8, 4) is 0 Å². The molecule has 1 rings (SSSR count). The molecule has 90 valence electrons. The molecule has 0 aromatic rings. The molecular formula is C12H25NOS. The summed E-state index contributed by atoms with van der Waals surface area (Å²) in [4.78, 5) is 0. The Balaban J connectivity index is 2.11. The summed E-state index contributed by atoms with van der Waals surface area (Å²) < 4.78 is 0. The fraction of sp³-hybridized carbons (Fsp3) is 1.00. The Morgan fingerprint density at radius 3 is 2.47 bits per heavy atom. The molecule has 0 unspecified atom stereocenters. The maximum atomic E-state index is 10.3. The van der Waals surface area contributed by atoms with E-state index < -0.39 is 5.60 Å². The molecule has 0 radical (unpaired) electrons. The quantitative estimate of drug-likeness (QED) is 0.544. The van der Waals surface area contributed by atoms with Crippen molar-refractivity contribution < 1.29 is 5.11 Å². The third-order valence-electron chi connectivity index (χ3n) is 3.12. The van der Waals surface area contributed by atoms with Crippen molar-refractivity contribution in [1.29, 1.82) is 0 Å². The molecular weight excluding hydrogens is 206 g/mol. The second kappa shape index (κ2) is 7.53. The van der Waals surface area contributed by atoms with Gasteiger partial charge in [-0.1, -0.05) is 32.6 Å². The number of hydrogen-bond acceptors (Lipinski definition) is 3. The first-order valence-electron chi connectivity index (χ1n) is 6.28. The van der Waals surface area contributed by atoms with Gasteiger partial charge in [0.2, 0.25) is 0 Å². The van der Waals surface area contributed by atoms with Crippen molar-refractivity contribution in [2.45, 2.75) is 51.0 Å². The minimum absolute atomic E-state index is 0.409. The molecule has 0 aliphatic heterocycles. The number of thioether (sulfide) groups is 1. The summed E-state index contributed by atoms with van der Waals surface area (Å²) in [5, 5.41) is 13.7. The van der Waals surface area contributed by atoms with Crippen molar-refractivity contribution in [3.05, 3.63) is 0 Å². The average molecular weight is 231 g/mol. The van der Waals surface area contributed by atoms with Crippen LogP contribution in [0.5, 0.6) is 0 Å². The summed E-state index contributed by atoms with van der Waals surface area (Å²) in [6.45, 7) is 4.00. The lowest BCUT2D eigenvalue weighted by molar-refractivity contribution is 0.0259. The lowest BCUT2D eigenvalue weighted by Crippen LogP contribution is -2.40. The zero-order valence-corrected chi connectivity index (χ0v) is 10.7. The van der Waals surface area contributed by atoms with Crippen molar-refractivity contribution in [1.82, 2.24) is 5.32 Å². The third-order valence-corrected chi connectivity index (χ3v) is 4.02. The van der Waals surface area contributed by atoms with Crippen LogP contribution < -0.4 is 5.32 Å². The predicted octanol–water partition coefficient (Wildman–Crippen LogP) is 2.41. The van der Waals surface area contributed by atoms with Gasteiger partial charge < -0.3 is 10.4 Å². The largest absolute Gasteiger partial charge is 0.389 e. The molecule has 15 heavy (non-hydrogen) atoms. The Hall–Kier alpha value is 0.270. The monoisotopic (exact) mass is 231 g/mol. The van der Waals surface area contributed by atoms with E-state index in [2.05, 4.69) is 12.2 Å². The Kier molecular flexibility index (Phi) is 6.69. The number of rotatable bonds is 6. The topological polar surface area (TPSA) is 32.3 Å². The van der Waals surface area contributed by atoms with Gasteiger partial charge in [-0.25, -0.2) is 0 Å². The molecule has 0 aromatic heterocycles. The van der Waals surface area contributed by atoms with Gasteiger partial charge in [-0.3, -0.25) is 0 Å². The lowest BCUT2D eigenvalue weighted by atomic mass is 9.94. The van der Waals surface area contributed by atoms with E-state index >= 15 is 0 Å². The van der Waals surface area contributed by atoms with E-state index in [9.17, 15) is 5.11 Å². The highest BCUT2D eigenvalue weighted by molar-refractivity contribution is 7.99. The Morgan fingerprint density at radius 1 is 1.20 bits per heavy atom. The molecule has 0 bridgehead atoms. The van der Waals surface area contributed by atoms with E-state index in [-0.39, 0.29) is 0 Å². The fourth-order valence-corrected chi connectivity index (χ4v) is 2.75. The molecule has 0 saturated heterocycles. The number of nitrogens with one attached hydrogen (secondary N) is 1. The van der Waals surface area contributed by atoms with E-state index in [1.165, 1.54) is 31.4 Å². The van der Waals surface area contributed by atoms with E-state index in [1.807, 2.05) is 11.8 Å². The molecule has 2 nitrogen and oxygen atoms in total. The van der Waals surface area contributed by atoms with E-state index in [4.69, 9.17) is 0 Å². The van der Waals surface area contributed by atoms with Crippen molar-refractivity contribution in [3.63, 3.8) is 0 Å². The minimum atomic E-state index is -0.409. The zero-order valence-electron chi connectivity index (χ0n) is 9.93. The van der Waals surface area contributed by atoms with Gasteiger partial charge >= 0.3 is 0 Å². The molecule has 0 amide bonds. The molecule has 1 aliphatic carbocycles. The number of aliphatic hydroxyl groups is 1. The van der Waals surface area contributed by atoms with Crippen LogP contribution in [0.25, 0.3) is 0 Å². The van der Waals surface area contributed by atoms with Crippen molar-refractivity contribution in [2.75, 3.05) is 24.6 Å². The van der Waals surface area contributed by atoms with Crippen LogP contribution in [0.15, 0.2) is 0 Å². The van der Waals surface area contributed by atoms with Gasteiger partial charge in [0.25, 0.3) is 0 Å². The predicted molar refractivity (Wildman–Crippen MR) is 68.5 cm³/mol. The summed E-state index contributed by atoms with van der Waals surface area (Å²) in [7, 11) is 0. The molecule has 0 spiro atoms. The van der Waals surface area contributed by atoms with E-state index in [1.54, 1.807) is 0 Å². The number of hydrogen-bond donors (Lipinski definition) is 2. The molecule has 1 aliphatic rings. The van der Waals surface area contributed by atoms with Crippen LogP contribution in [-0.4, -0.2) is 35.3 Å². The molecule has 0 atom stereocenters. The molecule has 3 heteroatoms. The van der Waals surface area contributed by atoms with Gasteiger partial charge in [0.1, 0.15) is 0 Å². The highest BCUT2D eigenvalue weighted by atomic mass is 32.2. The average Bonchev–Trinajstić information content (AvgIpc) is 2.43. The highest BCUT2D eigenvalue weighted by Gasteiger charge is 2.26. The smallest absolute Gasteiger partial charge is 0.0771 e. The van der Waals surface area contributed by atoms with Gasteiger partial charge in [-0.05, 0) is 18.6 Å². The van der Waals surface area contributed by atoms with Crippen LogP contribution in [0.4, 0.5) is 0 Å². The minimum Gasteiger partial charge on any atom is -0.389 e. The van der Waals surface area contributed by atoms with Gasteiger partial charge in [-0.15, -0.1) is 0 Å². The normalized spacial score (nSPS) is 21.2. The molecule has 0 heterocycles. The summed E-state index contributed by atoms with van der Waals surface area (Å²) in [5.41, 5.74) is -0.409. The van der Waals surface area contributed by atoms with Gasteiger partial charge in [0, 0.05) is 18.8 Å². The van der Waals surface area contributed by atoms with E-state index in [0.717, 1.165) is 31.7 Å². The van der Waals surface area contributed by atoms with E-state index in [0.29, 0.717) is 0 Å². The SMILES string of the molecule is CCSCCNCC1(O)CCCCCC1. The molecule has 1 saturated carbocycles. The standard InChI is InChI=1S/C12H25NOS/c1-2-15-10-9-13-11-12(14)7-5-3-4-6-8-12/h13-14H,2-11H2,1H3. The lowest BCUT2D eigenvalue weighted by Gasteiger charge is -2.26. The summed E-state index contributed by atoms with van der Waals surface area (Å²) in [6.07, 6.45) is 6.97. The van der Waals surface area contributed by atoms with Crippen LogP contribution in [-0.2, 0) is 0 Å². The second-order valence-corrected chi connectivity index (χ2v) is 5.91. The van der Waals surface area contributed by atoms with Crippen LogP contribution in [0, 0.1) is 0 Å². The first kappa shape index (κ1) is 13.3. The Labute approximate surface area is 98.2 Å². The van der Waals surface area contributed by atoms with Gasteiger partial charge in [0.15, 0.2) is 0 Å². The van der Waals surface area contributed by atoms with Gasteiger partial charge in [-0.2, -0.15) is 11.8 Å². The zero-order chi connectivity index (χ0) is 11.0. The Morgan fingerprint density at radius 2 is 1.87 bits per heavy atom. The summed E-state index contributed by atoms with van der Waals surface area (Å²) >= 11 is 1.95. The van der Waals surface area contributed by atoms with Crippen LogP contribution in [0.2, 0.25) is 0 Å². The first-order chi connectivity index (χ1) is 7.27. The van der Waals surface area contributed by atoms with Crippen molar-refractivity contribution in [2.24, 2.45) is 0 Å². The summed E-state index contributed by atoms with van der Waals surface area (Å²) in [5.74, 6) is 2.35. The van der Waals surface area contributed by atoms with Crippen LogP contribution in [0.1, 0.15) is 45.4 Å². The molecule has 0 aromatic carbocycles. The first-order valence-corrected chi connectivity index (χ1v) is 7.43.